The van der Waals surface area contributed by atoms with Crippen LogP contribution in [0.1, 0.15) is 38.8 Å². The molecular formula is C23H30N8O3. The van der Waals surface area contributed by atoms with Gasteiger partial charge in [0.25, 0.3) is 0 Å². The van der Waals surface area contributed by atoms with Crippen LogP contribution in [0.3, 0.4) is 0 Å². The number of piperidine rings is 1. The normalized spacial score (nSPS) is 21.3. The second-order valence-electron chi connectivity index (χ2n) is 9.13. The number of hydrogen-bond acceptors (Lipinski definition) is 7. The molecular weight excluding hydrogens is 436 g/mol. The summed E-state index contributed by atoms with van der Waals surface area (Å²) in [6, 6.07) is 1.91. The molecule has 11 heteroatoms. The third-order valence-corrected chi connectivity index (χ3v) is 6.85. The van der Waals surface area contributed by atoms with Crippen LogP contribution in [0, 0.1) is 5.92 Å². The highest BCUT2D eigenvalue weighted by molar-refractivity contribution is 5.99. The van der Waals surface area contributed by atoms with Crippen molar-refractivity contribution in [3.63, 3.8) is 0 Å². The highest BCUT2D eigenvalue weighted by atomic mass is 16.5. The molecule has 3 aromatic heterocycles. The van der Waals surface area contributed by atoms with Gasteiger partial charge in [0.15, 0.2) is 0 Å². The second kappa shape index (κ2) is 9.05. The highest BCUT2D eigenvalue weighted by Crippen LogP contribution is 2.37. The lowest BCUT2D eigenvalue weighted by atomic mass is 9.96. The van der Waals surface area contributed by atoms with Crippen LogP contribution in [0.25, 0.3) is 22.3 Å². The summed E-state index contributed by atoms with van der Waals surface area (Å²) in [5.74, 6) is 0.786. The Bertz CT molecular complexity index is 1210. The van der Waals surface area contributed by atoms with Crippen molar-refractivity contribution in [1.82, 2.24) is 34.5 Å². The topological polar surface area (TPSA) is 133 Å². The first-order chi connectivity index (χ1) is 16.4. The van der Waals surface area contributed by atoms with Crippen LogP contribution >= 0.6 is 0 Å². The molecule has 3 aromatic rings. The zero-order valence-electron chi connectivity index (χ0n) is 19.5. The Kier molecular flexibility index (Phi) is 5.94. The fraction of sp³-hybridized carbons (Fsp3) is 0.522. The molecule has 2 fully saturated rings. The zero-order valence-corrected chi connectivity index (χ0v) is 19.5. The van der Waals surface area contributed by atoms with E-state index in [0.29, 0.717) is 36.8 Å². The molecule has 2 amide bonds. The Morgan fingerprint density at radius 1 is 1.21 bits per heavy atom. The van der Waals surface area contributed by atoms with E-state index < -0.39 is 6.10 Å². The number of nitrogens with two attached hydrogens (primary N) is 1. The molecule has 2 saturated heterocycles. The maximum Gasteiger partial charge on any atom is 0.249 e. The van der Waals surface area contributed by atoms with Gasteiger partial charge in [-0.3, -0.25) is 14.3 Å². The molecule has 34 heavy (non-hydrogen) atoms. The number of hydrogen-bond donors (Lipinski definition) is 2. The maximum atomic E-state index is 12.8. The third-order valence-electron chi connectivity index (χ3n) is 6.85. The summed E-state index contributed by atoms with van der Waals surface area (Å²) >= 11 is 0. The van der Waals surface area contributed by atoms with Crippen molar-refractivity contribution in [3.8, 4) is 11.3 Å². The van der Waals surface area contributed by atoms with Crippen molar-refractivity contribution >= 4 is 28.7 Å². The number of nitrogens with zero attached hydrogens (tertiary/aromatic N) is 6. The summed E-state index contributed by atoms with van der Waals surface area (Å²) in [5, 5.41) is 8.29. The van der Waals surface area contributed by atoms with Gasteiger partial charge in [0.05, 0.1) is 11.1 Å². The molecule has 180 valence electrons. The molecule has 0 radical (unpaired) electrons. The summed E-state index contributed by atoms with van der Waals surface area (Å²) in [6.45, 7) is 3.71. The number of likely N-dealkylation sites (tertiary alicyclic amines) is 1. The first-order valence-electron chi connectivity index (χ1n) is 11.7. The van der Waals surface area contributed by atoms with E-state index in [1.165, 1.54) is 6.33 Å². The fourth-order valence-electron chi connectivity index (χ4n) is 4.91. The Morgan fingerprint density at radius 2 is 2.00 bits per heavy atom. The minimum atomic E-state index is -0.516. The highest BCUT2D eigenvalue weighted by Gasteiger charge is 2.34. The first-order valence-corrected chi connectivity index (χ1v) is 11.7. The van der Waals surface area contributed by atoms with Gasteiger partial charge in [-0.05, 0) is 37.7 Å². The summed E-state index contributed by atoms with van der Waals surface area (Å²) in [6.07, 6.45) is 7.51. The van der Waals surface area contributed by atoms with Crippen LogP contribution in [-0.4, -0.2) is 66.8 Å². The van der Waals surface area contributed by atoms with Gasteiger partial charge < -0.3 is 25.3 Å². The number of ether oxygens (including phenoxy) is 1. The van der Waals surface area contributed by atoms with Crippen molar-refractivity contribution in [3.05, 3.63) is 24.8 Å². The first kappa shape index (κ1) is 22.3. The number of nitrogen functional groups attached to an aromatic ring is 1. The molecule has 0 bridgehead atoms. The summed E-state index contributed by atoms with van der Waals surface area (Å²) in [7, 11) is 1.86. The Morgan fingerprint density at radius 3 is 2.71 bits per heavy atom. The number of anilines is 1. The number of amides is 2. The summed E-state index contributed by atoms with van der Waals surface area (Å²) in [5.41, 5.74) is 8.47. The van der Waals surface area contributed by atoms with E-state index in [-0.39, 0.29) is 18.0 Å². The zero-order chi connectivity index (χ0) is 23.8. The van der Waals surface area contributed by atoms with Gasteiger partial charge in [0.2, 0.25) is 11.8 Å². The van der Waals surface area contributed by atoms with Crippen molar-refractivity contribution in [2.24, 2.45) is 13.0 Å². The van der Waals surface area contributed by atoms with Gasteiger partial charge in [-0.1, -0.05) is 0 Å². The second-order valence-corrected chi connectivity index (χ2v) is 9.13. The predicted octanol–water partition coefficient (Wildman–Crippen LogP) is 1.47. The molecule has 0 aliphatic carbocycles. The molecule has 2 aliphatic heterocycles. The smallest absolute Gasteiger partial charge is 0.249 e. The molecule has 2 aliphatic rings. The van der Waals surface area contributed by atoms with E-state index in [4.69, 9.17) is 10.5 Å². The van der Waals surface area contributed by atoms with Crippen LogP contribution in [-0.2, 0) is 21.4 Å². The lowest BCUT2D eigenvalue weighted by Crippen LogP contribution is -2.42. The summed E-state index contributed by atoms with van der Waals surface area (Å²) < 4.78 is 9.83. The number of carbonyl (C=O) groups excluding carboxylic acids is 2. The van der Waals surface area contributed by atoms with E-state index in [1.54, 1.807) is 11.6 Å². The van der Waals surface area contributed by atoms with E-state index in [1.807, 2.05) is 35.0 Å². The monoisotopic (exact) mass is 466 g/mol. The third kappa shape index (κ3) is 4.23. The average Bonchev–Trinajstić information content (AvgIpc) is 3.56. The average molecular weight is 467 g/mol. The number of rotatable bonds is 5. The lowest BCUT2D eigenvalue weighted by molar-refractivity contribution is -0.134. The number of aromatic nitrogens is 5. The van der Waals surface area contributed by atoms with Crippen LogP contribution in [0.4, 0.5) is 5.82 Å². The number of carbonyl (C=O) groups is 2. The van der Waals surface area contributed by atoms with Gasteiger partial charge >= 0.3 is 0 Å². The van der Waals surface area contributed by atoms with Crippen molar-refractivity contribution < 1.29 is 14.3 Å². The Hall–Kier alpha value is -3.47. The van der Waals surface area contributed by atoms with E-state index in [9.17, 15) is 9.59 Å². The van der Waals surface area contributed by atoms with Crippen molar-refractivity contribution in [2.75, 3.05) is 25.4 Å². The van der Waals surface area contributed by atoms with Crippen molar-refractivity contribution in [2.45, 2.75) is 44.9 Å². The molecule has 5 heterocycles. The predicted molar refractivity (Wildman–Crippen MR) is 125 cm³/mol. The van der Waals surface area contributed by atoms with E-state index >= 15 is 0 Å². The van der Waals surface area contributed by atoms with Gasteiger partial charge in [-0.25, -0.2) is 9.97 Å². The van der Waals surface area contributed by atoms with Crippen LogP contribution in [0.15, 0.2) is 24.8 Å². The van der Waals surface area contributed by atoms with Gasteiger partial charge in [-0.2, -0.15) is 5.10 Å². The Labute approximate surface area is 197 Å². The largest absolute Gasteiger partial charge is 0.383 e. The fourth-order valence-corrected chi connectivity index (χ4v) is 4.91. The number of aryl methyl sites for hydroxylation is 1. The van der Waals surface area contributed by atoms with Crippen LogP contribution < -0.4 is 11.1 Å². The van der Waals surface area contributed by atoms with Gasteiger partial charge in [0.1, 0.15) is 30.1 Å². The summed E-state index contributed by atoms with van der Waals surface area (Å²) in [4.78, 5) is 34.8. The molecule has 0 spiro atoms. The molecule has 2 unspecified atom stereocenters. The lowest BCUT2D eigenvalue weighted by Gasteiger charge is -2.31. The molecule has 3 N–H and O–H groups in total. The van der Waals surface area contributed by atoms with E-state index in [2.05, 4.69) is 20.4 Å². The molecule has 2 atom stereocenters. The number of nitrogens with one attached hydrogen (secondary N) is 1. The molecule has 5 rings (SSSR count). The SMILES string of the molecule is CC(=O)N1CCC(CNC(=O)C2CCC(n3cc(-c4ccn(C)n4)c4c(N)ncnc43)O2)CC1. The van der Waals surface area contributed by atoms with Gasteiger partial charge in [-0.15, -0.1) is 0 Å². The quantitative estimate of drug-likeness (QED) is 0.582. The van der Waals surface area contributed by atoms with Crippen molar-refractivity contribution in [1.29, 1.82) is 0 Å². The van der Waals surface area contributed by atoms with Crippen LogP contribution in [0.2, 0.25) is 0 Å². The Balaban J connectivity index is 1.26. The molecule has 0 saturated carbocycles. The minimum Gasteiger partial charge on any atom is -0.383 e. The number of fused-ring (bicyclic) bond motifs is 1. The minimum absolute atomic E-state index is 0.0907. The van der Waals surface area contributed by atoms with E-state index in [0.717, 1.165) is 42.6 Å². The molecule has 11 nitrogen and oxygen atoms in total. The standard InChI is InChI=1S/C23H30N8O3/c1-14(32)30-9-5-15(6-10-30)11-25-23(33)18-3-4-19(34-18)31-12-16(17-7-8-29(2)28-17)20-21(24)26-13-27-22(20)31/h7-8,12-13,15,18-19H,3-6,9-11H2,1-2H3,(H,25,33)(H2,24,26,27). The van der Waals surface area contributed by atoms with Gasteiger partial charge in [0, 0.05) is 51.6 Å². The molecule has 0 aromatic carbocycles. The maximum absolute atomic E-state index is 12.8. The van der Waals surface area contributed by atoms with Crippen LogP contribution in [0.5, 0.6) is 0 Å².